The van der Waals surface area contributed by atoms with E-state index in [2.05, 4.69) is 21.4 Å². The molecule has 1 saturated carbocycles. The van der Waals surface area contributed by atoms with Crippen molar-refractivity contribution in [2.45, 2.75) is 56.0 Å². The van der Waals surface area contributed by atoms with Crippen LogP contribution in [0.1, 0.15) is 49.3 Å². The van der Waals surface area contributed by atoms with E-state index in [0.717, 1.165) is 36.8 Å². The number of likely N-dealkylation sites (tertiary alicyclic amines) is 1. The van der Waals surface area contributed by atoms with Crippen molar-refractivity contribution in [2.24, 2.45) is 4.40 Å². The van der Waals surface area contributed by atoms with Gasteiger partial charge in [0.15, 0.2) is 6.10 Å². The summed E-state index contributed by atoms with van der Waals surface area (Å²) >= 11 is 0. The molecule has 3 aliphatic rings. The van der Waals surface area contributed by atoms with Gasteiger partial charge in [0.25, 0.3) is 0 Å². The maximum Gasteiger partial charge on any atom is 0.403 e. The number of benzene rings is 2. The molecule has 2 heterocycles. The lowest BCUT2D eigenvalue weighted by Crippen LogP contribution is -2.71. The molecule has 3 fully saturated rings. The third-order valence-corrected chi connectivity index (χ3v) is 6.88. The third-order valence-electron chi connectivity index (χ3n) is 6.31. The Morgan fingerprint density at radius 3 is 2.23 bits per heavy atom. The van der Waals surface area contributed by atoms with E-state index in [1.54, 1.807) is 0 Å². The van der Waals surface area contributed by atoms with E-state index in [0.29, 0.717) is 6.04 Å². The maximum absolute atomic E-state index is 11.6. The van der Waals surface area contributed by atoms with Gasteiger partial charge in [-0.1, -0.05) is 84.3 Å². The minimum Gasteiger partial charge on any atom is -0.438 e. The molecule has 5 rings (SSSR count). The monoisotopic (exact) mass is 446 g/mol. The Bertz CT molecular complexity index is 1040. The van der Waals surface area contributed by atoms with E-state index in [-0.39, 0.29) is 12.1 Å². The van der Waals surface area contributed by atoms with Gasteiger partial charge in [0.2, 0.25) is 5.72 Å². The summed E-state index contributed by atoms with van der Waals surface area (Å²) in [7, 11) is 1.20. The minimum atomic E-state index is -4.17. The molecular weight excluding hydrogens is 424 g/mol. The average Bonchev–Trinajstić information content (AvgIpc) is 3.03. The Balaban J connectivity index is 1.65. The first-order valence-electron chi connectivity index (χ1n) is 10.3. The summed E-state index contributed by atoms with van der Waals surface area (Å²) in [5.74, 6) is 0. The number of ether oxygens (including phenoxy) is 2. The largest absolute Gasteiger partial charge is 0.438 e. The summed E-state index contributed by atoms with van der Waals surface area (Å²) in [5.41, 5.74) is 1.10. The van der Waals surface area contributed by atoms with E-state index in [1.165, 1.54) is 6.42 Å². The van der Waals surface area contributed by atoms with Gasteiger partial charge in [-0.2, -0.15) is 8.42 Å². The van der Waals surface area contributed by atoms with Gasteiger partial charge in [-0.25, -0.2) is 4.90 Å². The van der Waals surface area contributed by atoms with Crippen LogP contribution in [0.15, 0.2) is 65.1 Å². The summed E-state index contributed by atoms with van der Waals surface area (Å²) in [6.07, 6.45) is 4.96. The van der Waals surface area contributed by atoms with Gasteiger partial charge in [-0.15, -0.1) is 0 Å². The first kappa shape index (κ1) is 19.8. The second-order valence-electron chi connectivity index (χ2n) is 8.03. The van der Waals surface area contributed by atoms with Crippen molar-refractivity contribution in [3.63, 3.8) is 0 Å². The molecule has 0 radical (unpaired) electrons. The molecule has 1 aliphatic carbocycles. The summed E-state index contributed by atoms with van der Waals surface area (Å²) < 4.78 is 38.9. The molecule has 6 nitrogen and oxygen atoms in total. The van der Waals surface area contributed by atoms with Crippen LogP contribution in [0.5, 0.6) is 0 Å². The molecular formula is C22H23ClN2O4S. The van der Waals surface area contributed by atoms with Crippen LogP contribution in [0.2, 0.25) is 0 Å². The first-order valence-corrected chi connectivity index (χ1v) is 12.5. The molecule has 0 N–H and O–H groups in total. The van der Waals surface area contributed by atoms with Crippen molar-refractivity contribution in [3.8, 4) is 0 Å². The molecule has 2 saturated heterocycles. The fourth-order valence-corrected chi connectivity index (χ4v) is 5.60. The zero-order valence-corrected chi connectivity index (χ0v) is 17.9. The highest BCUT2D eigenvalue weighted by Crippen LogP contribution is 2.60. The van der Waals surface area contributed by atoms with E-state index < -0.39 is 21.1 Å². The Morgan fingerprint density at radius 2 is 1.60 bits per heavy atom. The molecule has 158 valence electrons. The van der Waals surface area contributed by atoms with Crippen LogP contribution < -0.4 is 0 Å². The van der Waals surface area contributed by atoms with E-state index >= 15 is 0 Å². The summed E-state index contributed by atoms with van der Waals surface area (Å²) in [6, 6.07) is 20.2. The van der Waals surface area contributed by atoms with Crippen LogP contribution in [0.4, 0.5) is 0 Å². The first-order chi connectivity index (χ1) is 14.5. The number of nitrogens with zero attached hydrogens (tertiary/aromatic N) is 2. The number of rotatable bonds is 4. The Kier molecular flexibility index (Phi) is 5.00. The highest BCUT2D eigenvalue weighted by atomic mass is 35.7. The second-order valence-corrected chi connectivity index (χ2v) is 10.2. The van der Waals surface area contributed by atoms with E-state index in [1.807, 2.05) is 48.5 Å². The third kappa shape index (κ3) is 3.29. The summed E-state index contributed by atoms with van der Waals surface area (Å²) in [6.45, 7) is 0. The molecule has 2 aliphatic heterocycles. The van der Waals surface area contributed by atoms with Gasteiger partial charge in [-0.3, -0.25) is 0 Å². The predicted molar refractivity (Wildman–Crippen MR) is 114 cm³/mol. The van der Waals surface area contributed by atoms with E-state index in [4.69, 9.17) is 20.2 Å². The Hall–Kier alpha value is -2.09. The van der Waals surface area contributed by atoms with Gasteiger partial charge in [0.05, 0.1) is 6.04 Å². The molecule has 2 aromatic carbocycles. The number of hydrogen-bond donors (Lipinski definition) is 0. The van der Waals surface area contributed by atoms with Crippen molar-refractivity contribution in [3.05, 3.63) is 71.8 Å². The van der Waals surface area contributed by atoms with Gasteiger partial charge >= 0.3 is 15.3 Å². The molecule has 0 aromatic heterocycles. The molecule has 0 bridgehead atoms. The zero-order chi connectivity index (χ0) is 20.8. The SMILES string of the molecule is O=S(=O)(Cl)/N=C1/OC2C(c3ccccc3)N(C3CCCCC3)C2(c2ccccc2)O1. The molecule has 0 spiro atoms. The smallest absolute Gasteiger partial charge is 0.403 e. The van der Waals surface area contributed by atoms with Gasteiger partial charge in [0, 0.05) is 22.3 Å². The number of hydrogen-bond acceptors (Lipinski definition) is 5. The van der Waals surface area contributed by atoms with Crippen molar-refractivity contribution in [1.29, 1.82) is 0 Å². The van der Waals surface area contributed by atoms with Crippen molar-refractivity contribution in [2.75, 3.05) is 0 Å². The second kappa shape index (κ2) is 7.55. The predicted octanol–water partition coefficient (Wildman–Crippen LogP) is 4.48. The van der Waals surface area contributed by atoms with Crippen LogP contribution in [0, 0.1) is 0 Å². The molecule has 8 heteroatoms. The summed E-state index contributed by atoms with van der Waals surface area (Å²) in [4.78, 5) is 2.37. The fourth-order valence-electron chi connectivity index (χ4n) is 5.17. The molecule has 3 unspecified atom stereocenters. The molecule has 0 amide bonds. The average molecular weight is 447 g/mol. The standard InChI is InChI=1S/C22H23ClN2O4S/c23-30(26,27)24-21-28-20-19(16-10-4-1-5-11-16)25(18-14-8-3-9-15-18)22(20,29-21)17-12-6-2-7-13-17/h1-2,4-7,10-13,18-20H,3,8-9,14-15H2/b24-21-. The fraction of sp³-hybridized carbons (Fsp3) is 0.409. The highest BCUT2D eigenvalue weighted by Gasteiger charge is 2.72. The van der Waals surface area contributed by atoms with Crippen LogP contribution in [-0.4, -0.2) is 31.5 Å². The van der Waals surface area contributed by atoms with Gasteiger partial charge in [0.1, 0.15) is 0 Å². The quantitative estimate of drug-likeness (QED) is 0.647. The van der Waals surface area contributed by atoms with Crippen molar-refractivity contribution >= 4 is 26.0 Å². The lowest BCUT2D eigenvalue weighted by molar-refractivity contribution is -0.265. The summed E-state index contributed by atoms with van der Waals surface area (Å²) in [5, 5.41) is 0. The van der Waals surface area contributed by atoms with Gasteiger partial charge in [-0.05, 0) is 18.4 Å². The van der Waals surface area contributed by atoms with Crippen LogP contribution in [-0.2, 0) is 24.4 Å². The van der Waals surface area contributed by atoms with Crippen LogP contribution in [0.3, 0.4) is 0 Å². The Morgan fingerprint density at radius 1 is 0.967 bits per heavy atom. The van der Waals surface area contributed by atoms with Crippen LogP contribution in [0.25, 0.3) is 0 Å². The normalized spacial score (nSPS) is 30.9. The lowest BCUT2D eigenvalue weighted by atomic mass is 9.74. The lowest BCUT2D eigenvalue weighted by Gasteiger charge is -2.60. The van der Waals surface area contributed by atoms with Gasteiger partial charge < -0.3 is 9.47 Å². The maximum atomic E-state index is 11.6. The minimum absolute atomic E-state index is 0.0692. The van der Waals surface area contributed by atoms with Crippen LogP contribution >= 0.6 is 10.7 Å². The highest BCUT2D eigenvalue weighted by molar-refractivity contribution is 8.12. The van der Waals surface area contributed by atoms with Crippen molar-refractivity contribution < 1.29 is 17.9 Å². The molecule has 2 aromatic rings. The molecule has 30 heavy (non-hydrogen) atoms. The van der Waals surface area contributed by atoms with Crippen molar-refractivity contribution in [1.82, 2.24) is 4.90 Å². The number of fused-ring (bicyclic) bond motifs is 1. The molecule has 3 atom stereocenters. The topological polar surface area (TPSA) is 68.2 Å². The van der Waals surface area contributed by atoms with E-state index in [9.17, 15) is 8.42 Å². The number of halogens is 1. The Labute approximate surface area is 181 Å². The zero-order valence-electron chi connectivity index (χ0n) is 16.4.